The molecule has 0 aromatic heterocycles. The summed E-state index contributed by atoms with van der Waals surface area (Å²) in [6.45, 7) is 2.14. The maximum absolute atomic E-state index is 12.6. The number of carbonyl (C=O) groups is 2. The van der Waals surface area contributed by atoms with E-state index in [9.17, 15) is 14.7 Å². The van der Waals surface area contributed by atoms with E-state index in [0.29, 0.717) is 16.8 Å². The van der Waals surface area contributed by atoms with Crippen LogP contribution in [0.4, 0.5) is 5.69 Å². The summed E-state index contributed by atoms with van der Waals surface area (Å²) in [5, 5.41) is 9.33. The van der Waals surface area contributed by atoms with Gasteiger partial charge in [0.25, 0.3) is 5.91 Å². The molecule has 1 heterocycles. The number of carboxylic acids is 1. The standard InChI is InChI=1S/C17H15NO3/c1-11-6-8-12(9-7-11)16(19)18-10-14(17(20)21)13-4-2-3-5-15(13)18/h2-9,14H,10H2,1H3,(H,20,21). The van der Waals surface area contributed by atoms with Crippen LogP contribution in [0.2, 0.25) is 0 Å². The molecule has 106 valence electrons. The summed E-state index contributed by atoms with van der Waals surface area (Å²) in [6, 6.07) is 14.5. The van der Waals surface area contributed by atoms with Crippen molar-refractivity contribution in [2.45, 2.75) is 12.8 Å². The molecule has 3 rings (SSSR count). The Balaban J connectivity index is 1.98. The number of nitrogens with zero attached hydrogens (tertiary/aromatic N) is 1. The number of carboxylic acid groups (broad SMARTS) is 1. The Morgan fingerprint density at radius 2 is 1.76 bits per heavy atom. The van der Waals surface area contributed by atoms with Crippen molar-refractivity contribution in [2.24, 2.45) is 0 Å². The first-order chi connectivity index (χ1) is 10.1. The van der Waals surface area contributed by atoms with Crippen LogP contribution in [-0.2, 0) is 4.79 Å². The molecule has 1 amide bonds. The Hall–Kier alpha value is -2.62. The van der Waals surface area contributed by atoms with Crippen molar-refractivity contribution < 1.29 is 14.7 Å². The third-order valence-electron chi connectivity index (χ3n) is 3.81. The second-order valence-electron chi connectivity index (χ2n) is 5.23. The third kappa shape index (κ3) is 2.29. The van der Waals surface area contributed by atoms with Gasteiger partial charge < -0.3 is 10.0 Å². The molecule has 2 aromatic rings. The van der Waals surface area contributed by atoms with E-state index in [-0.39, 0.29) is 12.5 Å². The second-order valence-corrected chi connectivity index (χ2v) is 5.23. The van der Waals surface area contributed by atoms with Gasteiger partial charge in [-0.25, -0.2) is 0 Å². The molecule has 2 aromatic carbocycles. The highest BCUT2D eigenvalue weighted by Gasteiger charge is 2.36. The minimum atomic E-state index is -0.901. The van der Waals surface area contributed by atoms with Crippen molar-refractivity contribution in [1.29, 1.82) is 0 Å². The van der Waals surface area contributed by atoms with Crippen LogP contribution in [0.15, 0.2) is 48.5 Å². The quantitative estimate of drug-likeness (QED) is 0.920. The molecule has 1 unspecified atom stereocenters. The zero-order valence-electron chi connectivity index (χ0n) is 11.6. The van der Waals surface area contributed by atoms with E-state index < -0.39 is 11.9 Å². The normalized spacial score (nSPS) is 16.6. The number of amides is 1. The molecular weight excluding hydrogens is 266 g/mol. The van der Waals surface area contributed by atoms with Gasteiger partial charge >= 0.3 is 5.97 Å². The average Bonchev–Trinajstić information content (AvgIpc) is 2.87. The lowest BCUT2D eigenvalue weighted by Gasteiger charge is -2.17. The molecule has 0 saturated heterocycles. The predicted molar refractivity (Wildman–Crippen MR) is 79.7 cm³/mol. The predicted octanol–water partition coefficient (Wildman–Crippen LogP) is 2.82. The number of benzene rings is 2. The fourth-order valence-electron chi connectivity index (χ4n) is 2.66. The highest BCUT2D eigenvalue weighted by molar-refractivity contribution is 6.08. The maximum atomic E-state index is 12.6. The lowest BCUT2D eigenvalue weighted by molar-refractivity contribution is -0.138. The molecule has 1 aliphatic rings. The van der Waals surface area contributed by atoms with Crippen LogP contribution in [0.25, 0.3) is 0 Å². The van der Waals surface area contributed by atoms with Crippen molar-refractivity contribution >= 4 is 17.6 Å². The summed E-state index contributed by atoms with van der Waals surface area (Å²) in [5.41, 5.74) is 3.04. The van der Waals surface area contributed by atoms with Gasteiger partial charge in [-0.1, -0.05) is 35.9 Å². The zero-order valence-corrected chi connectivity index (χ0v) is 11.6. The topological polar surface area (TPSA) is 57.6 Å². The lowest BCUT2D eigenvalue weighted by Crippen LogP contribution is -2.31. The molecule has 4 heteroatoms. The Labute approximate surface area is 122 Å². The van der Waals surface area contributed by atoms with Gasteiger partial charge in [0.2, 0.25) is 0 Å². The molecule has 4 nitrogen and oxygen atoms in total. The third-order valence-corrected chi connectivity index (χ3v) is 3.81. The number of anilines is 1. The second kappa shape index (κ2) is 5.05. The highest BCUT2D eigenvalue weighted by Crippen LogP contribution is 2.37. The molecular formula is C17H15NO3. The van der Waals surface area contributed by atoms with Gasteiger partial charge in [0.1, 0.15) is 5.92 Å². The van der Waals surface area contributed by atoms with Crippen molar-refractivity contribution in [3.05, 3.63) is 65.2 Å². The first kappa shape index (κ1) is 13.4. The number of aliphatic carboxylic acids is 1. The SMILES string of the molecule is Cc1ccc(C(=O)N2CC(C(=O)O)c3ccccc32)cc1. The van der Waals surface area contributed by atoms with Gasteiger partial charge in [-0.2, -0.15) is 0 Å². The summed E-state index contributed by atoms with van der Waals surface area (Å²) < 4.78 is 0. The smallest absolute Gasteiger partial charge is 0.312 e. The number of aryl methyl sites for hydroxylation is 1. The fourth-order valence-corrected chi connectivity index (χ4v) is 2.66. The van der Waals surface area contributed by atoms with Gasteiger partial charge in [-0.05, 0) is 30.7 Å². The Morgan fingerprint density at radius 1 is 1.10 bits per heavy atom. The summed E-state index contributed by atoms with van der Waals surface area (Å²) >= 11 is 0. The van der Waals surface area contributed by atoms with Crippen molar-refractivity contribution in [3.63, 3.8) is 0 Å². The minimum Gasteiger partial charge on any atom is -0.481 e. The average molecular weight is 281 g/mol. The molecule has 1 atom stereocenters. The van der Waals surface area contributed by atoms with E-state index >= 15 is 0 Å². The highest BCUT2D eigenvalue weighted by atomic mass is 16.4. The van der Waals surface area contributed by atoms with Gasteiger partial charge in [0.15, 0.2) is 0 Å². The monoisotopic (exact) mass is 281 g/mol. The van der Waals surface area contributed by atoms with Crippen LogP contribution in [0.1, 0.15) is 27.4 Å². The van der Waals surface area contributed by atoms with Crippen LogP contribution < -0.4 is 4.90 Å². The number of hydrogen-bond donors (Lipinski definition) is 1. The van der Waals surface area contributed by atoms with Crippen molar-refractivity contribution in [1.82, 2.24) is 0 Å². The number of hydrogen-bond acceptors (Lipinski definition) is 2. The number of rotatable bonds is 2. The van der Waals surface area contributed by atoms with E-state index in [1.807, 2.05) is 25.1 Å². The van der Waals surface area contributed by atoms with Crippen LogP contribution in [0.3, 0.4) is 0 Å². The van der Waals surface area contributed by atoms with Gasteiger partial charge in [0, 0.05) is 17.8 Å². The van der Waals surface area contributed by atoms with E-state index in [1.54, 1.807) is 35.2 Å². The molecule has 0 radical (unpaired) electrons. The van der Waals surface area contributed by atoms with Crippen LogP contribution in [0, 0.1) is 6.92 Å². The molecule has 0 fully saturated rings. The molecule has 0 spiro atoms. The summed E-state index contributed by atoms with van der Waals surface area (Å²) in [4.78, 5) is 25.6. The van der Waals surface area contributed by atoms with Crippen LogP contribution in [0.5, 0.6) is 0 Å². The van der Waals surface area contributed by atoms with E-state index in [2.05, 4.69) is 0 Å². The van der Waals surface area contributed by atoms with E-state index in [1.165, 1.54) is 0 Å². The molecule has 1 aliphatic heterocycles. The van der Waals surface area contributed by atoms with Gasteiger partial charge in [-0.3, -0.25) is 9.59 Å². The first-order valence-electron chi connectivity index (χ1n) is 6.78. The Kier molecular flexibility index (Phi) is 3.22. The Bertz CT molecular complexity index is 706. The zero-order chi connectivity index (χ0) is 15.0. The summed E-state index contributed by atoms with van der Waals surface area (Å²) in [5.74, 6) is -1.72. The first-order valence-corrected chi connectivity index (χ1v) is 6.78. The van der Waals surface area contributed by atoms with Gasteiger partial charge in [-0.15, -0.1) is 0 Å². The van der Waals surface area contributed by atoms with E-state index in [0.717, 1.165) is 5.56 Å². The molecule has 1 N–H and O–H groups in total. The molecule has 0 bridgehead atoms. The minimum absolute atomic E-state index is 0.161. The summed E-state index contributed by atoms with van der Waals surface area (Å²) in [7, 11) is 0. The maximum Gasteiger partial charge on any atom is 0.312 e. The Morgan fingerprint density at radius 3 is 2.43 bits per heavy atom. The van der Waals surface area contributed by atoms with Crippen LogP contribution >= 0.6 is 0 Å². The van der Waals surface area contributed by atoms with Crippen molar-refractivity contribution in [2.75, 3.05) is 11.4 Å². The largest absolute Gasteiger partial charge is 0.481 e. The number of carbonyl (C=O) groups excluding carboxylic acids is 1. The number of fused-ring (bicyclic) bond motifs is 1. The van der Waals surface area contributed by atoms with Crippen LogP contribution in [-0.4, -0.2) is 23.5 Å². The molecule has 0 saturated carbocycles. The molecule has 0 aliphatic carbocycles. The number of para-hydroxylation sites is 1. The van der Waals surface area contributed by atoms with Gasteiger partial charge in [0.05, 0.1) is 0 Å². The van der Waals surface area contributed by atoms with E-state index in [4.69, 9.17) is 0 Å². The fraction of sp³-hybridized carbons (Fsp3) is 0.176. The lowest BCUT2D eigenvalue weighted by atomic mass is 10.0. The van der Waals surface area contributed by atoms with Crippen molar-refractivity contribution in [3.8, 4) is 0 Å². The summed E-state index contributed by atoms with van der Waals surface area (Å²) in [6.07, 6.45) is 0. The molecule has 21 heavy (non-hydrogen) atoms.